The van der Waals surface area contributed by atoms with Gasteiger partial charge < -0.3 is 4.90 Å². The van der Waals surface area contributed by atoms with Crippen molar-refractivity contribution in [1.29, 1.82) is 0 Å². The molecule has 1 aromatic heterocycles. The van der Waals surface area contributed by atoms with Gasteiger partial charge in [0.2, 0.25) is 0 Å². The Hall–Kier alpha value is -1.59. The summed E-state index contributed by atoms with van der Waals surface area (Å²) >= 11 is 7.08. The van der Waals surface area contributed by atoms with Crippen molar-refractivity contribution in [2.75, 3.05) is 19.4 Å². The fourth-order valence-electron chi connectivity index (χ4n) is 1.31. The number of nitrogens with zero attached hydrogens (tertiary/aromatic N) is 2. The third-order valence-corrected chi connectivity index (χ3v) is 3.24. The van der Waals surface area contributed by atoms with Crippen molar-refractivity contribution in [2.45, 2.75) is 0 Å². The first kappa shape index (κ1) is 12.9. The molecule has 4 nitrogen and oxygen atoms in total. The molecular weight excluding hydrogens is 270 g/mol. The zero-order valence-electron chi connectivity index (χ0n) is 9.98. The van der Waals surface area contributed by atoms with Gasteiger partial charge in [-0.05, 0) is 23.7 Å². The van der Waals surface area contributed by atoms with Crippen LogP contribution in [0.2, 0.25) is 5.02 Å². The number of urea groups is 1. The van der Waals surface area contributed by atoms with E-state index in [-0.39, 0.29) is 6.03 Å². The summed E-state index contributed by atoms with van der Waals surface area (Å²) in [4.78, 5) is 13.0. The number of hydrogen-bond acceptors (Lipinski definition) is 3. The lowest BCUT2D eigenvalue weighted by Crippen LogP contribution is -2.26. The summed E-state index contributed by atoms with van der Waals surface area (Å²) in [6, 6.07) is 9.10. The van der Waals surface area contributed by atoms with Crippen LogP contribution in [0.4, 0.5) is 9.80 Å². The molecule has 18 heavy (non-hydrogen) atoms. The van der Waals surface area contributed by atoms with Gasteiger partial charge in [-0.25, -0.2) is 4.79 Å². The number of carbonyl (C=O) groups excluding carboxylic acids is 1. The maximum absolute atomic E-state index is 11.5. The zero-order valence-corrected chi connectivity index (χ0v) is 11.5. The molecule has 0 saturated heterocycles. The summed E-state index contributed by atoms with van der Waals surface area (Å²) in [5, 5.41) is 4.17. The van der Waals surface area contributed by atoms with E-state index in [4.69, 9.17) is 11.6 Å². The summed E-state index contributed by atoms with van der Waals surface area (Å²) in [6.07, 6.45) is 0. The highest BCUT2D eigenvalue weighted by molar-refractivity contribution is 7.10. The van der Waals surface area contributed by atoms with Gasteiger partial charge in [0.05, 0.1) is 5.69 Å². The molecule has 0 radical (unpaired) electrons. The number of carbonyl (C=O) groups is 1. The fraction of sp³-hybridized carbons (Fsp3) is 0.167. The topological polar surface area (TPSA) is 45.2 Å². The maximum Gasteiger partial charge on any atom is 0.321 e. The second kappa shape index (κ2) is 5.37. The van der Waals surface area contributed by atoms with Gasteiger partial charge in [0, 0.05) is 30.7 Å². The summed E-state index contributed by atoms with van der Waals surface area (Å²) in [5.41, 5.74) is 1.80. The van der Waals surface area contributed by atoms with Gasteiger partial charge in [-0.15, -0.1) is 0 Å². The Balaban J connectivity index is 2.15. The highest BCUT2D eigenvalue weighted by Crippen LogP contribution is 2.26. The molecule has 2 aromatic rings. The van der Waals surface area contributed by atoms with Crippen molar-refractivity contribution in [1.82, 2.24) is 9.27 Å². The van der Waals surface area contributed by atoms with Crippen LogP contribution in [-0.4, -0.2) is 29.4 Å². The smallest absolute Gasteiger partial charge is 0.321 e. The van der Waals surface area contributed by atoms with E-state index in [1.54, 1.807) is 14.1 Å². The van der Waals surface area contributed by atoms with E-state index in [0.29, 0.717) is 5.02 Å². The SMILES string of the molecule is CN(C)C(=O)Nc1cc(-c2ccc(Cl)cc2)ns1. The van der Waals surface area contributed by atoms with Gasteiger partial charge >= 0.3 is 6.03 Å². The molecule has 2 rings (SSSR count). The van der Waals surface area contributed by atoms with Crippen LogP contribution in [-0.2, 0) is 0 Å². The Labute approximate surface area is 114 Å². The van der Waals surface area contributed by atoms with E-state index >= 15 is 0 Å². The number of aromatic nitrogens is 1. The second-order valence-electron chi connectivity index (χ2n) is 3.91. The van der Waals surface area contributed by atoms with Crippen LogP contribution in [0.1, 0.15) is 0 Å². The van der Waals surface area contributed by atoms with Gasteiger partial charge in [-0.2, -0.15) is 4.37 Å². The number of rotatable bonds is 2. The minimum atomic E-state index is -0.165. The molecule has 0 unspecified atom stereocenters. The molecule has 0 aliphatic rings. The minimum Gasteiger partial charge on any atom is -0.331 e. The van der Waals surface area contributed by atoms with Crippen molar-refractivity contribution >= 4 is 34.2 Å². The molecule has 1 N–H and O–H groups in total. The van der Waals surface area contributed by atoms with Crippen molar-refractivity contribution in [3.05, 3.63) is 35.4 Å². The molecule has 0 spiro atoms. The van der Waals surface area contributed by atoms with Gasteiger partial charge in [0.25, 0.3) is 0 Å². The highest BCUT2D eigenvalue weighted by atomic mass is 35.5. The van der Waals surface area contributed by atoms with Crippen LogP contribution in [0, 0.1) is 0 Å². The highest BCUT2D eigenvalue weighted by Gasteiger charge is 2.08. The molecule has 2 amide bonds. The Morgan fingerprint density at radius 2 is 2.00 bits per heavy atom. The molecule has 0 aliphatic carbocycles. The van der Waals surface area contributed by atoms with Crippen molar-refractivity contribution in [3.63, 3.8) is 0 Å². The van der Waals surface area contributed by atoms with E-state index < -0.39 is 0 Å². The lowest BCUT2D eigenvalue weighted by atomic mass is 10.1. The van der Waals surface area contributed by atoms with Crippen LogP contribution in [0.3, 0.4) is 0 Å². The molecule has 6 heteroatoms. The lowest BCUT2D eigenvalue weighted by molar-refractivity contribution is 0.231. The monoisotopic (exact) mass is 281 g/mol. The largest absolute Gasteiger partial charge is 0.331 e. The average molecular weight is 282 g/mol. The molecule has 0 fully saturated rings. The van der Waals surface area contributed by atoms with Crippen molar-refractivity contribution < 1.29 is 4.79 Å². The number of anilines is 1. The zero-order chi connectivity index (χ0) is 13.1. The van der Waals surface area contributed by atoms with Gasteiger partial charge in [0.1, 0.15) is 5.00 Å². The van der Waals surface area contributed by atoms with Crippen LogP contribution in [0.25, 0.3) is 11.3 Å². The standard InChI is InChI=1S/C12H12ClN3OS/c1-16(2)12(17)14-11-7-10(15-18-11)8-3-5-9(13)6-4-8/h3-7H,1-2H3,(H,14,17). The van der Waals surface area contributed by atoms with Crippen LogP contribution >= 0.6 is 23.1 Å². The van der Waals surface area contributed by atoms with E-state index in [2.05, 4.69) is 9.69 Å². The van der Waals surface area contributed by atoms with Crippen LogP contribution < -0.4 is 5.32 Å². The molecular formula is C12H12ClN3OS. The molecule has 1 heterocycles. The fourth-order valence-corrected chi connectivity index (χ4v) is 2.09. The lowest BCUT2D eigenvalue weighted by Gasteiger charge is -2.09. The van der Waals surface area contributed by atoms with Gasteiger partial charge in [0.15, 0.2) is 0 Å². The maximum atomic E-state index is 11.5. The molecule has 1 aromatic carbocycles. The first-order valence-corrected chi connectivity index (χ1v) is 6.42. The van der Waals surface area contributed by atoms with E-state index in [0.717, 1.165) is 16.3 Å². The summed E-state index contributed by atoms with van der Waals surface area (Å²) < 4.78 is 4.29. The average Bonchev–Trinajstić information content (AvgIpc) is 2.78. The second-order valence-corrected chi connectivity index (χ2v) is 5.15. The third kappa shape index (κ3) is 3.00. The Bertz CT molecular complexity index is 551. The Kier molecular flexibility index (Phi) is 3.84. The predicted octanol–water partition coefficient (Wildman–Crippen LogP) is 3.56. The molecule has 0 saturated carbocycles. The Morgan fingerprint density at radius 3 is 2.61 bits per heavy atom. The van der Waals surface area contributed by atoms with Crippen LogP contribution in [0.5, 0.6) is 0 Å². The first-order chi connectivity index (χ1) is 8.56. The molecule has 0 aliphatic heterocycles. The number of benzene rings is 1. The van der Waals surface area contributed by atoms with Gasteiger partial charge in [-0.1, -0.05) is 23.7 Å². The van der Waals surface area contributed by atoms with E-state index in [9.17, 15) is 4.79 Å². The molecule has 94 valence electrons. The molecule has 0 bridgehead atoms. The van der Waals surface area contributed by atoms with Crippen molar-refractivity contribution in [3.8, 4) is 11.3 Å². The van der Waals surface area contributed by atoms with Gasteiger partial charge in [-0.3, -0.25) is 5.32 Å². The summed E-state index contributed by atoms with van der Waals surface area (Å²) in [6.45, 7) is 0. The number of hydrogen-bond donors (Lipinski definition) is 1. The third-order valence-electron chi connectivity index (χ3n) is 2.29. The first-order valence-electron chi connectivity index (χ1n) is 5.27. The van der Waals surface area contributed by atoms with Crippen LogP contribution in [0.15, 0.2) is 30.3 Å². The number of halogens is 1. The van der Waals surface area contributed by atoms with E-state index in [1.807, 2.05) is 30.3 Å². The normalized spacial score (nSPS) is 10.2. The summed E-state index contributed by atoms with van der Waals surface area (Å²) in [5.74, 6) is 0. The number of amides is 2. The Morgan fingerprint density at radius 1 is 1.33 bits per heavy atom. The molecule has 0 atom stereocenters. The predicted molar refractivity (Wildman–Crippen MR) is 75.3 cm³/mol. The number of nitrogens with one attached hydrogen (secondary N) is 1. The minimum absolute atomic E-state index is 0.165. The quantitative estimate of drug-likeness (QED) is 0.915. The summed E-state index contributed by atoms with van der Waals surface area (Å²) in [7, 11) is 3.38. The van der Waals surface area contributed by atoms with Crippen molar-refractivity contribution in [2.24, 2.45) is 0 Å². The van der Waals surface area contributed by atoms with E-state index in [1.165, 1.54) is 16.4 Å².